The van der Waals surface area contributed by atoms with Crippen LogP contribution < -0.4 is 4.74 Å². The molecule has 1 aliphatic heterocycles. The van der Waals surface area contributed by atoms with Crippen molar-refractivity contribution in [3.8, 4) is 5.75 Å². The number of carbonyl (C=O) groups excluding carboxylic acids is 2. The average molecular weight is 303 g/mol. The summed E-state index contributed by atoms with van der Waals surface area (Å²) in [4.78, 5) is 26.2. The first kappa shape index (κ1) is 16.7. The smallest absolute Gasteiger partial charge is 0.174 e. The van der Waals surface area contributed by atoms with Gasteiger partial charge in [0.1, 0.15) is 12.4 Å². The molecule has 2 rings (SSSR count). The molecule has 1 aliphatic rings. The molecule has 0 saturated carbocycles. The summed E-state index contributed by atoms with van der Waals surface area (Å²) in [6, 6.07) is 6.25. The predicted octanol–water partition coefficient (Wildman–Crippen LogP) is 2.88. The van der Waals surface area contributed by atoms with Gasteiger partial charge >= 0.3 is 0 Å². The van der Waals surface area contributed by atoms with Crippen LogP contribution in [0.25, 0.3) is 0 Å². The fraction of sp³-hybridized carbons (Fsp3) is 0.556. The van der Waals surface area contributed by atoms with Gasteiger partial charge in [-0.2, -0.15) is 0 Å². The van der Waals surface area contributed by atoms with Crippen LogP contribution in [0.2, 0.25) is 0 Å². The second-order valence-corrected chi connectivity index (χ2v) is 6.43. The standard InChI is InChI=1S/C18H25NO3/c1-12(2)19(13(3)4)8-7-17(21)14-5-6-18-15(9-14)10-16(20)11-22-18/h5-6,9,12-13H,7-8,10-11H2,1-4H3. The van der Waals surface area contributed by atoms with E-state index in [-0.39, 0.29) is 18.2 Å². The molecule has 1 aromatic carbocycles. The number of ketones is 2. The highest BCUT2D eigenvalue weighted by atomic mass is 16.5. The molecule has 4 nitrogen and oxygen atoms in total. The number of rotatable bonds is 6. The molecule has 1 heterocycles. The lowest BCUT2D eigenvalue weighted by Gasteiger charge is -2.30. The number of hydrogen-bond donors (Lipinski definition) is 0. The molecule has 1 aromatic rings. The maximum absolute atomic E-state index is 12.4. The lowest BCUT2D eigenvalue weighted by Crippen LogP contribution is -2.38. The summed E-state index contributed by atoms with van der Waals surface area (Å²) in [6.07, 6.45) is 0.852. The highest BCUT2D eigenvalue weighted by Gasteiger charge is 2.20. The van der Waals surface area contributed by atoms with Crippen molar-refractivity contribution < 1.29 is 14.3 Å². The molecule has 0 atom stereocenters. The third-order valence-corrected chi connectivity index (χ3v) is 4.08. The van der Waals surface area contributed by atoms with Crippen LogP contribution in [0.1, 0.15) is 50.0 Å². The summed E-state index contributed by atoms with van der Waals surface area (Å²) in [6.45, 7) is 9.47. The number of ether oxygens (including phenoxy) is 1. The molecule has 0 aromatic heterocycles. The normalized spacial score (nSPS) is 14.4. The second kappa shape index (κ2) is 7.05. The summed E-state index contributed by atoms with van der Waals surface area (Å²) in [5.41, 5.74) is 1.50. The van der Waals surface area contributed by atoms with E-state index in [2.05, 4.69) is 32.6 Å². The van der Waals surface area contributed by atoms with Crippen LogP contribution in [0.15, 0.2) is 18.2 Å². The fourth-order valence-corrected chi connectivity index (χ4v) is 2.94. The first-order chi connectivity index (χ1) is 10.4. The third-order valence-electron chi connectivity index (χ3n) is 4.08. The van der Waals surface area contributed by atoms with E-state index in [1.165, 1.54) is 0 Å². The summed E-state index contributed by atoms with van der Waals surface area (Å²) in [5.74, 6) is 0.900. The topological polar surface area (TPSA) is 46.6 Å². The van der Waals surface area contributed by atoms with Crippen molar-refractivity contribution in [1.29, 1.82) is 0 Å². The van der Waals surface area contributed by atoms with Crippen LogP contribution in [0.4, 0.5) is 0 Å². The molecule has 0 N–H and O–H groups in total. The maximum atomic E-state index is 12.4. The lowest BCUT2D eigenvalue weighted by atomic mass is 9.99. The Morgan fingerprint density at radius 3 is 2.55 bits per heavy atom. The van der Waals surface area contributed by atoms with Gasteiger partial charge in [-0.25, -0.2) is 0 Å². The minimum Gasteiger partial charge on any atom is -0.486 e. The minimum absolute atomic E-state index is 0.0582. The fourth-order valence-electron chi connectivity index (χ4n) is 2.94. The number of hydrogen-bond acceptors (Lipinski definition) is 4. The van der Waals surface area contributed by atoms with Gasteiger partial charge in [0.15, 0.2) is 11.6 Å². The van der Waals surface area contributed by atoms with Gasteiger partial charge in [0.2, 0.25) is 0 Å². The van der Waals surface area contributed by atoms with Crippen LogP contribution in [0, 0.1) is 0 Å². The molecule has 0 radical (unpaired) electrons. The summed E-state index contributed by atoms with van der Waals surface area (Å²) in [7, 11) is 0. The molecule has 120 valence electrons. The molecular weight excluding hydrogens is 278 g/mol. The van der Waals surface area contributed by atoms with Crippen LogP contribution >= 0.6 is 0 Å². The van der Waals surface area contributed by atoms with Crippen molar-refractivity contribution in [1.82, 2.24) is 4.90 Å². The number of Topliss-reactive ketones (excluding diaryl/α,β-unsaturated/α-hetero) is 2. The Hall–Kier alpha value is -1.68. The van der Waals surface area contributed by atoms with Gasteiger partial charge in [-0.1, -0.05) is 0 Å². The highest BCUT2D eigenvalue weighted by Crippen LogP contribution is 2.25. The largest absolute Gasteiger partial charge is 0.486 e. The molecular formula is C18H25NO3. The molecule has 0 unspecified atom stereocenters. The van der Waals surface area contributed by atoms with Gasteiger partial charge in [-0.15, -0.1) is 0 Å². The van der Waals surface area contributed by atoms with Gasteiger partial charge in [0.25, 0.3) is 0 Å². The monoisotopic (exact) mass is 303 g/mol. The third kappa shape index (κ3) is 3.95. The van der Waals surface area contributed by atoms with E-state index in [4.69, 9.17) is 4.74 Å². The van der Waals surface area contributed by atoms with E-state index in [1.54, 1.807) is 12.1 Å². The van der Waals surface area contributed by atoms with E-state index < -0.39 is 0 Å². The molecule has 0 amide bonds. The van der Waals surface area contributed by atoms with E-state index in [9.17, 15) is 9.59 Å². The minimum atomic E-state index is 0.0582. The van der Waals surface area contributed by atoms with Crippen molar-refractivity contribution >= 4 is 11.6 Å². The number of fused-ring (bicyclic) bond motifs is 1. The Labute approximate surface area is 132 Å². The zero-order chi connectivity index (χ0) is 16.3. The van der Waals surface area contributed by atoms with Crippen LogP contribution in [-0.4, -0.2) is 41.7 Å². The Kier molecular flexibility index (Phi) is 5.35. The Bertz CT molecular complexity index is 555. The first-order valence-electron chi connectivity index (χ1n) is 7.95. The molecule has 0 aliphatic carbocycles. The van der Waals surface area contributed by atoms with E-state index >= 15 is 0 Å². The Morgan fingerprint density at radius 2 is 1.91 bits per heavy atom. The summed E-state index contributed by atoms with van der Waals surface area (Å²) in [5, 5.41) is 0. The van der Waals surface area contributed by atoms with Crippen LogP contribution in [0.3, 0.4) is 0 Å². The predicted molar refractivity (Wildman–Crippen MR) is 86.6 cm³/mol. The molecule has 0 fully saturated rings. The quantitative estimate of drug-likeness (QED) is 0.758. The Morgan fingerprint density at radius 1 is 1.23 bits per heavy atom. The van der Waals surface area contributed by atoms with E-state index in [0.29, 0.717) is 30.5 Å². The van der Waals surface area contributed by atoms with Gasteiger partial charge in [0.05, 0.1) is 0 Å². The van der Waals surface area contributed by atoms with Crippen LogP contribution in [0.5, 0.6) is 5.75 Å². The van der Waals surface area contributed by atoms with Gasteiger partial charge in [0, 0.05) is 42.6 Å². The maximum Gasteiger partial charge on any atom is 0.174 e. The average Bonchev–Trinajstić information content (AvgIpc) is 2.45. The SMILES string of the molecule is CC(C)N(CCC(=O)c1ccc2c(c1)CC(=O)CO2)C(C)C. The molecule has 4 heteroatoms. The molecule has 22 heavy (non-hydrogen) atoms. The van der Waals surface area contributed by atoms with Crippen molar-refractivity contribution in [2.45, 2.75) is 52.6 Å². The molecule has 0 spiro atoms. The zero-order valence-corrected chi connectivity index (χ0v) is 13.9. The Balaban J connectivity index is 2.04. The van der Waals surface area contributed by atoms with Gasteiger partial charge in [-0.05, 0) is 45.9 Å². The van der Waals surface area contributed by atoms with Crippen molar-refractivity contribution in [2.24, 2.45) is 0 Å². The van der Waals surface area contributed by atoms with E-state index in [0.717, 1.165) is 17.9 Å². The lowest BCUT2D eigenvalue weighted by molar-refractivity contribution is -0.121. The second-order valence-electron chi connectivity index (χ2n) is 6.43. The summed E-state index contributed by atoms with van der Waals surface area (Å²) < 4.78 is 5.36. The van der Waals surface area contributed by atoms with Gasteiger partial charge < -0.3 is 4.74 Å². The van der Waals surface area contributed by atoms with Crippen molar-refractivity contribution in [3.05, 3.63) is 29.3 Å². The highest BCUT2D eigenvalue weighted by molar-refractivity contribution is 5.97. The number of benzene rings is 1. The van der Waals surface area contributed by atoms with Crippen molar-refractivity contribution in [3.63, 3.8) is 0 Å². The van der Waals surface area contributed by atoms with Crippen LogP contribution in [-0.2, 0) is 11.2 Å². The molecule has 0 saturated heterocycles. The molecule has 0 bridgehead atoms. The zero-order valence-electron chi connectivity index (χ0n) is 13.9. The number of nitrogens with zero attached hydrogens (tertiary/aromatic N) is 1. The van der Waals surface area contributed by atoms with E-state index in [1.807, 2.05) is 6.07 Å². The van der Waals surface area contributed by atoms with Crippen molar-refractivity contribution in [2.75, 3.05) is 13.2 Å². The number of carbonyl (C=O) groups is 2. The van der Waals surface area contributed by atoms with Gasteiger partial charge in [-0.3, -0.25) is 14.5 Å². The first-order valence-corrected chi connectivity index (χ1v) is 7.95. The summed E-state index contributed by atoms with van der Waals surface area (Å²) >= 11 is 0.